The van der Waals surface area contributed by atoms with E-state index in [0.29, 0.717) is 17.1 Å². The second-order valence-electron chi connectivity index (χ2n) is 3.95. The van der Waals surface area contributed by atoms with E-state index in [-0.39, 0.29) is 18.8 Å². The highest BCUT2D eigenvalue weighted by Gasteiger charge is 2.14. The summed E-state index contributed by atoms with van der Waals surface area (Å²) in [5.74, 6) is 0.534. The van der Waals surface area contributed by atoms with Gasteiger partial charge in [-0.15, -0.1) is 0 Å². The van der Waals surface area contributed by atoms with Crippen LogP contribution in [0.5, 0.6) is 0 Å². The molecule has 8 nitrogen and oxygen atoms in total. The van der Waals surface area contributed by atoms with E-state index in [1.54, 1.807) is 24.1 Å². The monoisotopic (exact) mass is 263 g/mol. The van der Waals surface area contributed by atoms with Crippen LogP contribution in [0, 0.1) is 10.1 Å². The van der Waals surface area contributed by atoms with Crippen molar-refractivity contribution >= 4 is 11.4 Å². The normalized spacial score (nSPS) is 10.4. The van der Waals surface area contributed by atoms with Crippen molar-refractivity contribution in [3.8, 4) is 0 Å². The molecule has 0 unspecified atom stereocenters. The first-order valence-corrected chi connectivity index (χ1v) is 5.56. The zero-order chi connectivity index (χ0) is 13.8. The lowest BCUT2D eigenvalue weighted by molar-refractivity contribution is -0.384. The Hall–Kier alpha value is -2.48. The predicted octanol–water partition coefficient (Wildman–Crippen LogP) is 0.828. The van der Waals surface area contributed by atoms with Gasteiger partial charge in [-0.25, -0.2) is 4.98 Å². The molecule has 0 fully saturated rings. The summed E-state index contributed by atoms with van der Waals surface area (Å²) >= 11 is 0. The van der Waals surface area contributed by atoms with E-state index >= 15 is 0 Å². The first-order chi connectivity index (χ1) is 9.10. The molecule has 19 heavy (non-hydrogen) atoms. The minimum Gasteiger partial charge on any atom is -0.392 e. The largest absolute Gasteiger partial charge is 0.392 e. The molecule has 100 valence electrons. The Labute approximate surface area is 108 Å². The van der Waals surface area contributed by atoms with E-state index in [2.05, 4.69) is 15.4 Å². The second kappa shape index (κ2) is 5.44. The van der Waals surface area contributed by atoms with Crippen molar-refractivity contribution in [2.45, 2.75) is 13.2 Å². The molecule has 0 bridgehead atoms. The predicted molar refractivity (Wildman–Crippen MR) is 67.3 cm³/mol. The molecule has 2 aromatic rings. The fraction of sp³-hybridized carbons (Fsp3) is 0.273. The van der Waals surface area contributed by atoms with Crippen molar-refractivity contribution in [3.05, 3.63) is 46.0 Å². The molecule has 1 aromatic carbocycles. The second-order valence-corrected chi connectivity index (χ2v) is 3.95. The number of nitrogens with one attached hydrogen (secondary N) is 1. The number of aliphatic hydroxyl groups is 1. The van der Waals surface area contributed by atoms with Crippen LogP contribution < -0.4 is 5.32 Å². The minimum atomic E-state index is -0.477. The minimum absolute atomic E-state index is 0.0480. The van der Waals surface area contributed by atoms with Gasteiger partial charge < -0.3 is 10.4 Å². The van der Waals surface area contributed by atoms with Crippen LogP contribution >= 0.6 is 0 Å². The summed E-state index contributed by atoms with van der Waals surface area (Å²) in [7, 11) is 1.74. The molecule has 0 aliphatic carbocycles. The lowest BCUT2D eigenvalue weighted by Gasteiger charge is -2.06. The summed E-state index contributed by atoms with van der Waals surface area (Å²) in [5, 5.41) is 26.9. The number of rotatable bonds is 5. The standard InChI is InChI=1S/C11H13N5O3/c1-15-7-13-11(14-15)5-12-9-4-8(6-17)2-3-10(9)16(18)19/h2-4,7,12,17H,5-6H2,1H3. The van der Waals surface area contributed by atoms with Crippen LogP contribution in [0.25, 0.3) is 0 Å². The summed E-state index contributed by atoms with van der Waals surface area (Å²) in [5.41, 5.74) is 0.888. The molecule has 2 rings (SSSR count). The highest BCUT2D eigenvalue weighted by molar-refractivity contribution is 5.62. The fourth-order valence-corrected chi connectivity index (χ4v) is 1.62. The zero-order valence-corrected chi connectivity index (χ0v) is 10.3. The highest BCUT2D eigenvalue weighted by Crippen LogP contribution is 2.25. The molecule has 0 aliphatic rings. The Morgan fingerprint density at radius 1 is 1.53 bits per heavy atom. The van der Waals surface area contributed by atoms with E-state index in [1.807, 2.05) is 0 Å². The molecule has 1 heterocycles. The van der Waals surface area contributed by atoms with Crippen molar-refractivity contribution < 1.29 is 10.0 Å². The van der Waals surface area contributed by atoms with E-state index in [9.17, 15) is 10.1 Å². The quantitative estimate of drug-likeness (QED) is 0.611. The Morgan fingerprint density at radius 2 is 2.32 bits per heavy atom. The van der Waals surface area contributed by atoms with E-state index in [0.717, 1.165) is 0 Å². The van der Waals surface area contributed by atoms with Crippen molar-refractivity contribution in [1.29, 1.82) is 0 Å². The van der Waals surface area contributed by atoms with Gasteiger partial charge in [0.1, 0.15) is 12.0 Å². The summed E-state index contributed by atoms with van der Waals surface area (Å²) in [6.07, 6.45) is 1.55. The zero-order valence-electron chi connectivity index (χ0n) is 10.3. The maximum Gasteiger partial charge on any atom is 0.292 e. The van der Waals surface area contributed by atoms with E-state index in [4.69, 9.17) is 5.11 Å². The molecule has 0 saturated heterocycles. The smallest absolute Gasteiger partial charge is 0.292 e. The van der Waals surface area contributed by atoms with Crippen LogP contribution in [-0.4, -0.2) is 24.8 Å². The molecule has 0 spiro atoms. The summed E-state index contributed by atoms with van der Waals surface area (Å²) in [6.45, 7) is 0.102. The Balaban J connectivity index is 2.19. The van der Waals surface area contributed by atoms with Crippen LogP contribution in [-0.2, 0) is 20.2 Å². The molecule has 0 radical (unpaired) electrons. The van der Waals surface area contributed by atoms with Crippen LogP contribution in [0.2, 0.25) is 0 Å². The van der Waals surface area contributed by atoms with Crippen LogP contribution in [0.4, 0.5) is 11.4 Å². The third-order valence-corrected chi connectivity index (χ3v) is 2.52. The van der Waals surface area contributed by atoms with Gasteiger partial charge in [0.2, 0.25) is 0 Å². The first-order valence-electron chi connectivity index (χ1n) is 5.56. The Morgan fingerprint density at radius 3 is 2.89 bits per heavy atom. The molecule has 0 atom stereocenters. The maximum absolute atomic E-state index is 10.9. The number of hydrogen-bond donors (Lipinski definition) is 2. The van der Waals surface area contributed by atoms with Crippen molar-refractivity contribution in [3.63, 3.8) is 0 Å². The number of aliphatic hydroxyl groups excluding tert-OH is 1. The molecule has 8 heteroatoms. The lowest BCUT2D eigenvalue weighted by Crippen LogP contribution is -2.05. The summed E-state index contributed by atoms with van der Waals surface area (Å²) in [4.78, 5) is 14.4. The Bertz CT molecular complexity index is 596. The molecule has 1 aromatic heterocycles. The van der Waals surface area contributed by atoms with E-state index in [1.165, 1.54) is 12.1 Å². The average molecular weight is 263 g/mol. The number of benzene rings is 1. The number of nitro benzene ring substituents is 1. The number of anilines is 1. The SMILES string of the molecule is Cn1cnc(CNc2cc(CO)ccc2[N+](=O)[O-])n1. The fourth-order valence-electron chi connectivity index (χ4n) is 1.62. The van der Waals surface area contributed by atoms with Gasteiger partial charge in [0.25, 0.3) is 5.69 Å². The van der Waals surface area contributed by atoms with Gasteiger partial charge in [-0.1, -0.05) is 0 Å². The summed E-state index contributed by atoms with van der Waals surface area (Å²) in [6, 6.07) is 4.42. The molecule has 0 amide bonds. The molecular formula is C11H13N5O3. The topological polar surface area (TPSA) is 106 Å². The number of hydrogen-bond acceptors (Lipinski definition) is 6. The van der Waals surface area contributed by atoms with Gasteiger partial charge in [-0.2, -0.15) is 5.10 Å². The van der Waals surface area contributed by atoms with Crippen molar-refractivity contribution in [1.82, 2.24) is 14.8 Å². The van der Waals surface area contributed by atoms with Gasteiger partial charge >= 0.3 is 0 Å². The first kappa shape index (κ1) is 13.0. The molecule has 2 N–H and O–H groups in total. The average Bonchev–Trinajstić information content (AvgIpc) is 2.81. The Kier molecular flexibility index (Phi) is 3.71. The number of nitro groups is 1. The van der Waals surface area contributed by atoms with Crippen LogP contribution in [0.1, 0.15) is 11.4 Å². The van der Waals surface area contributed by atoms with Crippen LogP contribution in [0.3, 0.4) is 0 Å². The number of aryl methyl sites for hydroxylation is 1. The summed E-state index contributed by atoms with van der Waals surface area (Å²) < 4.78 is 1.55. The van der Waals surface area contributed by atoms with Gasteiger partial charge in [0, 0.05) is 13.1 Å². The molecule has 0 aliphatic heterocycles. The lowest BCUT2D eigenvalue weighted by atomic mass is 10.2. The van der Waals surface area contributed by atoms with Crippen LogP contribution in [0.15, 0.2) is 24.5 Å². The van der Waals surface area contributed by atoms with Gasteiger partial charge in [0.15, 0.2) is 5.82 Å². The van der Waals surface area contributed by atoms with Gasteiger partial charge in [-0.05, 0) is 17.7 Å². The van der Waals surface area contributed by atoms with E-state index < -0.39 is 4.92 Å². The maximum atomic E-state index is 10.9. The number of nitrogens with zero attached hydrogens (tertiary/aromatic N) is 4. The van der Waals surface area contributed by atoms with Gasteiger partial charge in [0.05, 0.1) is 18.1 Å². The van der Waals surface area contributed by atoms with Crippen molar-refractivity contribution in [2.24, 2.45) is 7.05 Å². The highest BCUT2D eigenvalue weighted by atomic mass is 16.6. The molecular weight excluding hydrogens is 250 g/mol. The van der Waals surface area contributed by atoms with Gasteiger partial charge in [-0.3, -0.25) is 14.8 Å². The molecule has 0 saturated carbocycles. The van der Waals surface area contributed by atoms with Crippen molar-refractivity contribution in [2.75, 3.05) is 5.32 Å². The third kappa shape index (κ3) is 3.05. The third-order valence-electron chi connectivity index (χ3n) is 2.52. The number of aromatic nitrogens is 3.